The van der Waals surface area contributed by atoms with Crippen molar-refractivity contribution < 1.29 is 9.13 Å². The lowest BCUT2D eigenvalue weighted by atomic mass is 10.1. The molecule has 0 unspecified atom stereocenters. The Balaban J connectivity index is 2.88. The molecule has 0 spiro atoms. The van der Waals surface area contributed by atoms with E-state index in [0.717, 1.165) is 0 Å². The fraction of sp³-hybridized carbons (Fsp3) is 0.0909. The van der Waals surface area contributed by atoms with Crippen molar-refractivity contribution in [2.24, 2.45) is 0 Å². The Morgan fingerprint density at radius 2 is 2.20 bits per heavy atom. The number of fused-ring (bicyclic) bond motifs is 1. The van der Waals surface area contributed by atoms with Gasteiger partial charge in [-0.1, -0.05) is 12.7 Å². The van der Waals surface area contributed by atoms with E-state index in [9.17, 15) is 4.39 Å². The fourth-order valence-electron chi connectivity index (χ4n) is 1.45. The standard InChI is InChI=1S/C11H9FN2O/c1-3-7-4-8(12)5-9-10(7)13-6-14-11(9)15-2/h3-6H,1H2,2H3. The van der Waals surface area contributed by atoms with Crippen molar-refractivity contribution in [3.63, 3.8) is 0 Å². The Kier molecular flexibility index (Phi) is 2.33. The Hall–Kier alpha value is -1.97. The van der Waals surface area contributed by atoms with E-state index < -0.39 is 0 Å². The summed E-state index contributed by atoms with van der Waals surface area (Å²) in [5.41, 5.74) is 1.27. The molecule has 0 radical (unpaired) electrons. The SMILES string of the molecule is C=Cc1cc(F)cc2c(OC)ncnc12. The molecule has 4 heteroatoms. The molecule has 0 aliphatic carbocycles. The summed E-state index contributed by atoms with van der Waals surface area (Å²) < 4.78 is 18.3. The van der Waals surface area contributed by atoms with Crippen LogP contribution in [0.5, 0.6) is 5.88 Å². The molecule has 0 N–H and O–H groups in total. The van der Waals surface area contributed by atoms with Gasteiger partial charge >= 0.3 is 0 Å². The fourth-order valence-corrected chi connectivity index (χ4v) is 1.45. The second-order valence-corrected chi connectivity index (χ2v) is 2.98. The first kappa shape index (κ1) is 9.58. The van der Waals surface area contributed by atoms with Crippen molar-refractivity contribution >= 4 is 17.0 Å². The minimum Gasteiger partial charge on any atom is -0.480 e. The summed E-state index contributed by atoms with van der Waals surface area (Å²) in [6, 6.07) is 2.73. The maximum Gasteiger partial charge on any atom is 0.224 e. The summed E-state index contributed by atoms with van der Waals surface area (Å²) >= 11 is 0. The molecule has 0 atom stereocenters. The summed E-state index contributed by atoms with van der Waals surface area (Å²) in [6.07, 6.45) is 2.93. The zero-order valence-electron chi connectivity index (χ0n) is 8.20. The highest BCUT2D eigenvalue weighted by Crippen LogP contribution is 2.25. The highest BCUT2D eigenvalue weighted by Gasteiger charge is 2.08. The van der Waals surface area contributed by atoms with Gasteiger partial charge in [0.1, 0.15) is 12.1 Å². The van der Waals surface area contributed by atoms with Crippen LogP contribution in [0, 0.1) is 5.82 Å². The van der Waals surface area contributed by atoms with Crippen molar-refractivity contribution in [3.05, 3.63) is 36.4 Å². The first-order valence-electron chi connectivity index (χ1n) is 4.37. The zero-order valence-corrected chi connectivity index (χ0v) is 8.20. The van der Waals surface area contributed by atoms with Crippen LogP contribution in [0.2, 0.25) is 0 Å². The third-order valence-electron chi connectivity index (χ3n) is 2.11. The summed E-state index contributed by atoms with van der Waals surface area (Å²) in [6.45, 7) is 3.61. The molecule has 0 bridgehead atoms. The summed E-state index contributed by atoms with van der Waals surface area (Å²) in [5.74, 6) is 0.00750. The van der Waals surface area contributed by atoms with E-state index in [1.165, 1.54) is 25.6 Å². The largest absolute Gasteiger partial charge is 0.480 e. The summed E-state index contributed by atoms with van der Waals surface area (Å²) in [7, 11) is 1.49. The lowest BCUT2D eigenvalue weighted by Crippen LogP contribution is -1.93. The van der Waals surface area contributed by atoms with Crippen LogP contribution in [-0.4, -0.2) is 17.1 Å². The number of benzene rings is 1. The van der Waals surface area contributed by atoms with Gasteiger partial charge in [-0.05, 0) is 12.1 Å². The molecule has 0 saturated carbocycles. The van der Waals surface area contributed by atoms with Gasteiger partial charge in [-0.15, -0.1) is 0 Å². The van der Waals surface area contributed by atoms with Crippen molar-refractivity contribution in [2.45, 2.75) is 0 Å². The molecular weight excluding hydrogens is 195 g/mol. The van der Waals surface area contributed by atoms with Crippen LogP contribution < -0.4 is 4.74 Å². The topological polar surface area (TPSA) is 35.0 Å². The maximum atomic E-state index is 13.2. The lowest BCUT2D eigenvalue weighted by Gasteiger charge is -2.05. The third-order valence-corrected chi connectivity index (χ3v) is 2.11. The van der Waals surface area contributed by atoms with Gasteiger partial charge in [0, 0.05) is 5.56 Å². The number of nitrogens with zero attached hydrogens (tertiary/aromatic N) is 2. The molecular formula is C11H9FN2O. The minimum absolute atomic E-state index is 0.356. The minimum atomic E-state index is -0.356. The number of halogens is 1. The maximum absolute atomic E-state index is 13.2. The van der Waals surface area contributed by atoms with Gasteiger partial charge in [0.05, 0.1) is 18.0 Å². The molecule has 2 aromatic rings. The van der Waals surface area contributed by atoms with Crippen LogP contribution in [-0.2, 0) is 0 Å². The average Bonchev–Trinajstić information content (AvgIpc) is 2.27. The van der Waals surface area contributed by atoms with Crippen molar-refractivity contribution in [2.75, 3.05) is 7.11 Å². The molecule has 1 aromatic carbocycles. The van der Waals surface area contributed by atoms with E-state index >= 15 is 0 Å². The molecule has 76 valence electrons. The Bertz CT molecular complexity index is 525. The second kappa shape index (κ2) is 3.65. The molecule has 0 amide bonds. The van der Waals surface area contributed by atoms with Gasteiger partial charge in [0.25, 0.3) is 0 Å². The van der Waals surface area contributed by atoms with Gasteiger partial charge < -0.3 is 4.74 Å². The van der Waals surface area contributed by atoms with E-state index in [-0.39, 0.29) is 5.82 Å². The van der Waals surface area contributed by atoms with Crippen LogP contribution in [0.25, 0.3) is 17.0 Å². The second-order valence-electron chi connectivity index (χ2n) is 2.98. The van der Waals surface area contributed by atoms with Crippen molar-refractivity contribution in [3.8, 4) is 5.88 Å². The Morgan fingerprint density at radius 1 is 1.40 bits per heavy atom. The molecule has 0 aliphatic rings. The first-order valence-corrected chi connectivity index (χ1v) is 4.37. The number of rotatable bonds is 2. The smallest absolute Gasteiger partial charge is 0.224 e. The van der Waals surface area contributed by atoms with E-state index in [0.29, 0.717) is 22.3 Å². The van der Waals surface area contributed by atoms with E-state index in [4.69, 9.17) is 4.74 Å². The van der Waals surface area contributed by atoms with E-state index in [1.807, 2.05) is 0 Å². The Labute approximate surface area is 86.2 Å². The molecule has 15 heavy (non-hydrogen) atoms. The predicted molar refractivity (Wildman–Crippen MR) is 56.1 cm³/mol. The molecule has 0 fully saturated rings. The van der Waals surface area contributed by atoms with E-state index in [2.05, 4.69) is 16.5 Å². The van der Waals surface area contributed by atoms with Gasteiger partial charge in [0.2, 0.25) is 5.88 Å². The van der Waals surface area contributed by atoms with Gasteiger partial charge in [0.15, 0.2) is 0 Å². The van der Waals surface area contributed by atoms with E-state index in [1.54, 1.807) is 6.08 Å². The molecule has 1 aromatic heterocycles. The Morgan fingerprint density at radius 3 is 2.87 bits per heavy atom. The van der Waals surface area contributed by atoms with Crippen LogP contribution in [0.4, 0.5) is 4.39 Å². The van der Waals surface area contributed by atoms with Crippen LogP contribution in [0.15, 0.2) is 25.0 Å². The van der Waals surface area contributed by atoms with Crippen LogP contribution >= 0.6 is 0 Å². The van der Waals surface area contributed by atoms with Crippen molar-refractivity contribution in [1.29, 1.82) is 0 Å². The first-order chi connectivity index (χ1) is 7.26. The number of methoxy groups -OCH3 is 1. The molecule has 0 aliphatic heterocycles. The molecule has 1 heterocycles. The number of aromatic nitrogens is 2. The predicted octanol–water partition coefficient (Wildman–Crippen LogP) is 2.42. The normalized spacial score (nSPS) is 10.3. The molecule has 3 nitrogen and oxygen atoms in total. The van der Waals surface area contributed by atoms with Crippen LogP contribution in [0.1, 0.15) is 5.56 Å². The monoisotopic (exact) mass is 204 g/mol. The average molecular weight is 204 g/mol. The summed E-state index contributed by atoms with van der Waals surface area (Å²) in [4.78, 5) is 7.98. The zero-order chi connectivity index (χ0) is 10.8. The lowest BCUT2D eigenvalue weighted by molar-refractivity contribution is 0.402. The summed E-state index contributed by atoms with van der Waals surface area (Å²) in [5, 5.41) is 0.551. The van der Waals surface area contributed by atoms with Crippen LogP contribution in [0.3, 0.4) is 0 Å². The number of ether oxygens (including phenoxy) is 1. The third kappa shape index (κ3) is 1.54. The highest BCUT2D eigenvalue weighted by atomic mass is 19.1. The quantitative estimate of drug-likeness (QED) is 0.753. The van der Waals surface area contributed by atoms with Gasteiger partial charge in [-0.2, -0.15) is 0 Å². The van der Waals surface area contributed by atoms with Crippen molar-refractivity contribution in [1.82, 2.24) is 9.97 Å². The van der Waals surface area contributed by atoms with Gasteiger partial charge in [-0.3, -0.25) is 0 Å². The van der Waals surface area contributed by atoms with Gasteiger partial charge in [-0.25, -0.2) is 14.4 Å². The molecule has 2 rings (SSSR count). The highest BCUT2D eigenvalue weighted by molar-refractivity contribution is 5.90. The number of hydrogen-bond acceptors (Lipinski definition) is 3. The number of hydrogen-bond donors (Lipinski definition) is 0. The molecule has 0 saturated heterocycles.